The molecule has 3 heterocycles. The first-order chi connectivity index (χ1) is 16.5. The van der Waals surface area contributed by atoms with Crippen molar-refractivity contribution in [2.24, 2.45) is 0 Å². The molecule has 5 nitrogen and oxygen atoms in total. The molecule has 2 unspecified atom stereocenters. The molecule has 5 rings (SSSR count). The Morgan fingerprint density at radius 1 is 0.882 bits per heavy atom. The lowest BCUT2D eigenvalue weighted by Gasteiger charge is -2.28. The number of anilines is 2. The largest absolute Gasteiger partial charge is 0.378 e. The molecule has 6 heteroatoms. The first kappa shape index (κ1) is 22.2. The number of pyridine rings is 1. The van der Waals surface area contributed by atoms with Gasteiger partial charge in [0.15, 0.2) is 5.11 Å². The van der Waals surface area contributed by atoms with Gasteiger partial charge >= 0.3 is 0 Å². The molecule has 0 spiro atoms. The molecule has 0 bridgehead atoms. The van der Waals surface area contributed by atoms with Gasteiger partial charge in [0.25, 0.3) is 0 Å². The summed E-state index contributed by atoms with van der Waals surface area (Å²) in [5.74, 6) is 0. The molecule has 2 aromatic heterocycles. The fourth-order valence-corrected chi connectivity index (χ4v) is 5.27. The number of hydrogen-bond donors (Lipinski definition) is 1. The Hall–Kier alpha value is -3.64. The Morgan fingerprint density at radius 2 is 1.59 bits per heavy atom. The first-order valence-electron chi connectivity index (χ1n) is 11.5. The molecule has 4 aromatic rings. The predicted molar refractivity (Wildman–Crippen MR) is 144 cm³/mol. The molecular formula is C28H29N5S. The maximum Gasteiger partial charge on any atom is 0.174 e. The average Bonchev–Trinajstić information content (AvgIpc) is 3.35. The monoisotopic (exact) mass is 467 g/mol. The fraction of sp³-hybridized carbons (Fsp3) is 0.214. The number of rotatable bonds is 5. The number of aryl methyl sites for hydroxylation is 1. The van der Waals surface area contributed by atoms with Crippen molar-refractivity contribution in [3.05, 3.63) is 108 Å². The van der Waals surface area contributed by atoms with Crippen LogP contribution in [0.25, 0.3) is 5.69 Å². The number of nitrogens with zero attached hydrogens (tertiary/aromatic N) is 4. The highest BCUT2D eigenvalue weighted by Crippen LogP contribution is 2.43. The maximum absolute atomic E-state index is 5.91. The highest BCUT2D eigenvalue weighted by molar-refractivity contribution is 7.80. The molecule has 2 aromatic carbocycles. The van der Waals surface area contributed by atoms with Crippen molar-refractivity contribution < 1.29 is 0 Å². The summed E-state index contributed by atoms with van der Waals surface area (Å²) in [7, 11) is 4.10. The van der Waals surface area contributed by atoms with E-state index in [0.717, 1.165) is 22.8 Å². The van der Waals surface area contributed by atoms with Crippen molar-refractivity contribution in [3.63, 3.8) is 0 Å². The van der Waals surface area contributed by atoms with Gasteiger partial charge in [-0.25, -0.2) is 0 Å². The highest BCUT2D eigenvalue weighted by Gasteiger charge is 2.42. The van der Waals surface area contributed by atoms with Crippen molar-refractivity contribution in [2.45, 2.75) is 25.9 Å². The quantitative estimate of drug-likeness (QED) is 0.379. The zero-order chi connectivity index (χ0) is 23.8. The van der Waals surface area contributed by atoms with E-state index in [2.05, 4.69) is 108 Å². The fourth-order valence-electron chi connectivity index (χ4n) is 4.92. The number of nitrogens with one attached hydrogen (secondary N) is 1. The minimum Gasteiger partial charge on any atom is -0.378 e. The summed E-state index contributed by atoms with van der Waals surface area (Å²) in [4.78, 5) is 9.04. The lowest BCUT2D eigenvalue weighted by atomic mass is 9.96. The SMILES string of the molecule is Cc1cc(C2C(c3ccccn3)NC(=S)N2c2ccc(N(C)C)cc2)c(C)n1-c1ccccc1. The van der Waals surface area contributed by atoms with E-state index in [4.69, 9.17) is 17.2 Å². The molecule has 0 saturated carbocycles. The van der Waals surface area contributed by atoms with Crippen LogP contribution in [-0.4, -0.2) is 28.8 Å². The van der Waals surface area contributed by atoms with E-state index < -0.39 is 0 Å². The number of hydrogen-bond acceptors (Lipinski definition) is 3. The summed E-state index contributed by atoms with van der Waals surface area (Å²) in [5, 5.41) is 4.29. The number of benzene rings is 2. The zero-order valence-corrected chi connectivity index (χ0v) is 20.8. The van der Waals surface area contributed by atoms with Gasteiger partial charge < -0.3 is 19.7 Å². The van der Waals surface area contributed by atoms with E-state index >= 15 is 0 Å². The minimum atomic E-state index is -0.0630. The smallest absolute Gasteiger partial charge is 0.174 e. The van der Waals surface area contributed by atoms with Crippen molar-refractivity contribution in [3.8, 4) is 5.69 Å². The van der Waals surface area contributed by atoms with Gasteiger partial charge in [-0.05, 0) is 86.2 Å². The van der Waals surface area contributed by atoms with E-state index in [1.54, 1.807) is 0 Å². The average molecular weight is 468 g/mol. The van der Waals surface area contributed by atoms with Crippen LogP contribution >= 0.6 is 12.2 Å². The summed E-state index contributed by atoms with van der Waals surface area (Å²) in [6.45, 7) is 4.36. The van der Waals surface area contributed by atoms with Crippen LogP contribution < -0.4 is 15.1 Å². The Kier molecular flexibility index (Phi) is 5.84. The second-order valence-corrected chi connectivity index (χ2v) is 9.29. The topological polar surface area (TPSA) is 36.3 Å². The second kappa shape index (κ2) is 8.95. The van der Waals surface area contributed by atoms with Crippen molar-refractivity contribution in [1.82, 2.24) is 14.9 Å². The van der Waals surface area contributed by atoms with Crippen LogP contribution in [0.3, 0.4) is 0 Å². The van der Waals surface area contributed by atoms with Gasteiger partial charge in [0.1, 0.15) is 0 Å². The third-order valence-electron chi connectivity index (χ3n) is 6.55. The first-order valence-corrected chi connectivity index (χ1v) is 11.9. The second-order valence-electron chi connectivity index (χ2n) is 8.90. The summed E-state index contributed by atoms with van der Waals surface area (Å²) < 4.78 is 2.32. The molecule has 1 fully saturated rings. The van der Waals surface area contributed by atoms with Gasteiger partial charge in [0, 0.05) is 48.7 Å². The van der Waals surface area contributed by atoms with E-state index in [0.29, 0.717) is 5.11 Å². The van der Waals surface area contributed by atoms with Crippen molar-refractivity contribution in [1.29, 1.82) is 0 Å². The molecule has 0 aliphatic carbocycles. The Morgan fingerprint density at radius 3 is 2.24 bits per heavy atom. The molecule has 1 N–H and O–H groups in total. The summed E-state index contributed by atoms with van der Waals surface area (Å²) in [5.41, 5.74) is 7.99. The van der Waals surface area contributed by atoms with Crippen LogP contribution in [0.15, 0.2) is 85.1 Å². The van der Waals surface area contributed by atoms with Crippen LogP contribution in [0.1, 0.15) is 34.7 Å². The standard InChI is InChI=1S/C28H29N5S/c1-19-18-24(20(2)32(19)22-10-6-5-7-11-22)27-26(25-12-8-9-17-29-25)30-28(34)33(27)23-15-13-21(14-16-23)31(3)4/h5-18,26-27H,1-4H3,(H,30,34). The molecule has 1 saturated heterocycles. The molecule has 0 radical (unpaired) electrons. The van der Waals surface area contributed by atoms with Gasteiger partial charge in [0.05, 0.1) is 17.8 Å². The van der Waals surface area contributed by atoms with Crippen LogP contribution in [-0.2, 0) is 0 Å². The lowest BCUT2D eigenvalue weighted by Crippen LogP contribution is -2.29. The highest BCUT2D eigenvalue weighted by atomic mass is 32.1. The van der Waals surface area contributed by atoms with E-state index in [1.807, 2.05) is 24.4 Å². The predicted octanol–water partition coefficient (Wildman–Crippen LogP) is 5.73. The number of thiocarbonyl (C=S) groups is 1. The molecule has 1 aliphatic rings. The van der Waals surface area contributed by atoms with Gasteiger partial charge in [-0.1, -0.05) is 24.3 Å². The summed E-state index contributed by atoms with van der Waals surface area (Å²) in [6.07, 6.45) is 1.85. The molecule has 172 valence electrons. The zero-order valence-electron chi connectivity index (χ0n) is 19.9. The Bertz CT molecular complexity index is 1300. The third-order valence-corrected chi connectivity index (χ3v) is 6.86. The maximum atomic E-state index is 5.91. The normalized spacial score (nSPS) is 17.6. The van der Waals surface area contributed by atoms with Crippen LogP contribution in [0, 0.1) is 13.8 Å². The van der Waals surface area contributed by atoms with Crippen LogP contribution in [0.4, 0.5) is 11.4 Å². The third kappa shape index (κ3) is 3.84. The number of aromatic nitrogens is 2. The summed E-state index contributed by atoms with van der Waals surface area (Å²) >= 11 is 5.91. The minimum absolute atomic E-state index is 0.0312. The molecule has 0 amide bonds. The van der Waals surface area contributed by atoms with Gasteiger partial charge in [-0.3, -0.25) is 4.98 Å². The van der Waals surface area contributed by atoms with Crippen molar-refractivity contribution >= 4 is 28.7 Å². The number of para-hydroxylation sites is 1. The van der Waals surface area contributed by atoms with Crippen molar-refractivity contribution in [2.75, 3.05) is 23.9 Å². The Labute approximate surface area is 206 Å². The lowest BCUT2D eigenvalue weighted by molar-refractivity contribution is 0.565. The van der Waals surface area contributed by atoms with E-state index in [-0.39, 0.29) is 12.1 Å². The van der Waals surface area contributed by atoms with Gasteiger partial charge in [0.2, 0.25) is 0 Å². The Balaban J connectivity index is 1.65. The van der Waals surface area contributed by atoms with E-state index in [1.165, 1.54) is 17.0 Å². The van der Waals surface area contributed by atoms with Gasteiger partial charge in [-0.15, -0.1) is 0 Å². The van der Waals surface area contributed by atoms with E-state index in [9.17, 15) is 0 Å². The summed E-state index contributed by atoms with van der Waals surface area (Å²) in [6, 6.07) is 27.3. The van der Waals surface area contributed by atoms with Crippen LogP contribution in [0.2, 0.25) is 0 Å². The molecule has 1 aliphatic heterocycles. The molecular weight excluding hydrogens is 438 g/mol. The van der Waals surface area contributed by atoms with Crippen LogP contribution in [0.5, 0.6) is 0 Å². The van der Waals surface area contributed by atoms with Gasteiger partial charge in [-0.2, -0.15) is 0 Å². The molecule has 34 heavy (non-hydrogen) atoms. The molecule has 2 atom stereocenters.